The fourth-order valence-electron chi connectivity index (χ4n) is 11.8. The first kappa shape index (κ1) is 151. The molecule has 31 heteroatoms. The second-order valence-corrected chi connectivity index (χ2v) is 48.4. The summed E-state index contributed by atoms with van der Waals surface area (Å²) in [6, 6.07) is 5.98. The molecule has 0 radical (unpaired) electrons. The van der Waals surface area contributed by atoms with Gasteiger partial charge in [0.15, 0.2) is 0 Å². The Morgan fingerprint density at radius 2 is 0.864 bits per heavy atom. The van der Waals surface area contributed by atoms with Crippen LogP contribution in [0, 0.1) is 17.3 Å². The van der Waals surface area contributed by atoms with Crippen LogP contribution in [0.15, 0.2) is 22.8 Å². The van der Waals surface area contributed by atoms with E-state index in [4.69, 9.17) is 82.2 Å². The predicted molar refractivity (Wildman–Crippen MR) is 579 cm³/mol. The number of alkyl carbamates (subject to hydrolysis) is 1. The van der Waals surface area contributed by atoms with E-state index in [1.807, 2.05) is 197 Å². The molecule has 3 aliphatic heterocycles. The van der Waals surface area contributed by atoms with Gasteiger partial charge in [-0.25, -0.2) is 18.6 Å². The molecule has 3 saturated heterocycles. The lowest BCUT2D eigenvalue weighted by molar-refractivity contribution is -0.155. The molecule has 0 aliphatic carbocycles. The fourth-order valence-corrected chi connectivity index (χ4v) is 11.8. The SMILES string of the molecule is C.CC(=O)NCCOC(C)(C)C.CC(C)(C)OC(=O)CCCCCCCc1cccc2nonc12.CC(C)(C)OCCC1CCN(C(=O)OC(C)(C)C)CC1.CC(C)(C)OCCC1CCNCC1.CC(C)(C)OCCF.CC(C)(C)OCCN.CC(C)(C)OCCN1CCOCC1.CC(C)(C)OCCNC(=O)OC(C)(C)C.CC(C)(C)OCCO.CN(C)CC(C)(C)C.CN(C)CCOC(C)(C)C.CO. The van der Waals surface area contributed by atoms with Crippen molar-refractivity contribution >= 4 is 35.1 Å². The Balaban J connectivity index is -0.000000232. The lowest BCUT2D eigenvalue weighted by Crippen LogP contribution is -2.41. The second kappa shape index (κ2) is 80.4. The Morgan fingerprint density at radius 3 is 1.24 bits per heavy atom. The average Bonchev–Trinajstić information content (AvgIpc) is 1.70. The van der Waals surface area contributed by atoms with Gasteiger partial charge in [0.25, 0.3) is 0 Å². The molecule has 2 aromatic rings. The number of ether oxygens (including phenoxy) is 13. The lowest BCUT2D eigenvalue weighted by Gasteiger charge is -2.33. The zero-order valence-electron chi connectivity index (χ0n) is 98.1. The van der Waals surface area contributed by atoms with Crippen LogP contribution in [0.5, 0.6) is 0 Å². The van der Waals surface area contributed by atoms with Crippen molar-refractivity contribution in [1.29, 1.82) is 0 Å². The quantitative estimate of drug-likeness (QED) is 0.0220. The van der Waals surface area contributed by atoms with E-state index in [0.29, 0.717) is 63.8 Å². The molecule has 0 spiro atoms. The van der Waals surface area contributed by atoms with Crippen LogP contribution in [-0.2, 0) is 77.6 Å². The number of hydrogen-bond acceptors (Lipinski definition) is 27. The van der Waals surface area contributed by atoms with Crippen molar-refractivity contribution in [1.82, 2.24) is 45.9 Å². The van der Waals surface area contributed by atoms with E-state index in [1.165, 1.54) is 44.8 Å². The van der Waals surface area contributed by atoms with Gasteiger partial charge in [0.1, 0.15) is 34.5 Å². The van der Waals surface area contributed by atoms with E-state index in [-0.39, 0.29) is 94.6 Å². The summed E-state index contributed by atoms with van der Waals surface area (Å²) < 4.78 is 86.0. The van der Waals surface area contributed by atoms with Crippen molar-refractivity contribution in [2.75, 3.05) is 200 Å². The van der Waals surface area contributed by atoms with Gasteiger partial charge in [0, 0.05) is 99.1 Å². The number of carbonyl (C=O) groups excluding carboxylic acids is 4. The van der Waals surface area contributed by atoms with Crippen LogP contribution < -0.4 is 21.7 Å². The maximum atomic E-state index is 11.9. The van der Waals surface area contributed by atoms with Crippen molar-refractivity contribution in [2.45, 2.75) is 435 Å². The number of fused-ring (bicyclic) bond motifs is 1. The molecule has 3 aliphatic rings. The summed E-state index contributed by atoms with van der Waals surface area (Å²) in [6.45, 7) is 97.9. The molecule has 3 fully saturated rings. The molecular weight excluding hydrogens is 1790 g/mol. The largest absolute Gasteiger partial charge is 0.460 e. The molecule has 0 atom stereocenters. The molecule has 1 aromatic heterocycles. The number of nitrogens with two attached hydrogens (primary N) is 1. The molecule has 4 heterocycles. The second-order valence-electron chi connectivity index (χ2n) is 48.4. The number of nitrogens with one attached hydrogen (secondary N) is 3. The first-order chi connectivity index (χ1) is 63.2. The number of benzene rings is 1. The van der Waals surface area contributed by atoms with E-state index >= 15 is 0 Å². The Hall–Kier alpha value is -4.65. The van der Waals surface area contributed by atoms with Crippen molar-refractivity contribution in [3.8, 4) is 0 Å². The monoisotopic (exact) mass is 2020 g/mol. The van der Waals surface area contributed by atoms with E-state index < -0.39 is 24.0 Å². The van der Waals surface area contributed by atoms with Gasteiger partial charge in [-0.2, -0.15) is 0 Å². The Kier molecular flexibility index (Phi) is 86.5. The number of amides is 3. The summed E-state index contributed by atoms with van der Waals surface area (Å²) in [7, 11) is 9.30. The molecule has 5 rings (SSSR count). The lowest BCUT2D eigenvalue weighted by atomic mass is 9.94. The minimum atomic E-state index is -0.449. The minimum Gasteiger partial charge on any atom is -0.460 e. The molecule has 7 N–H and O–H groups in total. The van der Waals surface area contributed by atoms with Gasteiger partial charge < -0.3 is 108 Å². The van der Waals surface area contributed by atoms with Crippen LogP contribution in [0.1, 0.15) is 367 Å². The Morgan fingerprint density at radius 1 is 0.471 bits per heavy atom. The van der Waals surface area contributed by atoms with E-state index in [9.17, 15) is 23.6 Å². The number of halogens is 1. The zero-order valence-corrected chi connectivity index (χ0v) is 98.1. The van der Waals surface area contributed by atoms with Crippen molar-refractivity contribution < 1.29 is 100.0 Å². The van der Waals surface area contributed by atoms with E-state index in [0.717, 1.165) is 167 Å². The van der Waals surface area contributed by atoms with Gasteiger partial charge in [0.05, 0.1) is 116 Å². The van der Waals surface area contributed by atoms with Gasteiger partial charge in [-0.05, 0) is 388 Å². The van der Waals surface area contributed by atoms with Crippen LogP contribution in [-0.4, -0.2) is 331 Å². The predicted octanol–water partition coefficient (Wildman–Crippen LogP) is 21.4. The number of aliphatic hydroxyl groups excluding tert-OH is 2. The summed E-state index contributed by atoms with van der Waals surface area (Å²) >= 11 is 0. The highest BCUT2D eigenvalue weighted by atomic mass is 19.1. The molecule has 1 aromatic carbocycles. The van der Waals surface area contributed by atoms with Crippen LogP contribution in [0.2, 0.25) is 0 Å². The summed E-state index contributed by atoms with van der Waals surface area (Å²) in [5.74, 6) is 1.45. The van der Waals surface area contributed by atoms with Gasteiger partial charge >= 0.3 is 18.2 Å². The maximum absolute atomic E-state index is 11.9. The number of aryl methyl sites for hydroxylation is 1. The van der Waals surface area contributed by atoms with Crippen molar-refractivity contribution in [3.63, 3.8) is 0 Å². The maximum Gasteiger partial charge on any atom is 0.410 e. The van der Waals surface area contributed by atoms with Gasteiger partial charge in [-0.1, -0.05) is 59.6 Å². The Labute approximate surface area is 858 Å². The number of aliphatic hydroxyl groups is 2. The highest BCUT2D eigenvalue weighted by Crippen LogP contribution is 2.26. The topological polar surface area (TPSA) is 343 Å². The number of piperidine rings is 2. The molecular formula is C109H227FN10O20. The summed E-state index contributed by atoms with van der Waals surface area (Å²) in [5.41, 5.74) is 6.67. The first-order valence-electron chi connectivity index (χ1n) is 51.2. The number of carbonyl (C=O) groups is 4. The van der Waals surface area contributed by atoms with E-state index in [1.54, 1.807) is 0 Å². The third-order valence-electron chi connectivity index (χ3n) is 17.6. The van der Waals surface area contributed by atoms with Crippen LogP contribution in [0.3, 0.4) is 0 Å². The molecule has 0 unspecified atom stereocenters. The van der Waals surface area contributed by atoms with Gasteiger partial charge in [-0.15, -0.1) is 0 Å². The van der Waals surface area contributed by atoms with Gasteiger partial charge in [-0.3, -0.25) is 14.5 Å². The number of esters is 1. The molecule has 30 nitrogen and oxygen atoms in total. The highest BCUT2D eigenvalue weighted by molar-refractivity contribution is 5.76. The molecule has 0 saturated carbocycles. The third-order valence-corrected chi connectivity index (χ3v) is 17.6. The minimum absolute atomic E-state index is 0. The molecule has 840 valence electrons. The molecule has 3 amide bonds. The van der Waals surface area contributed by atoms with Crippen LogP contribution >= 0.6 is 0 Å². The number of unbranched alkanes of at least 4 members (excludes halogenated alkanes) is 4. The molecule has 0 bridgehead atoms. The highest BCUT2D eigenvalue weighted by Gasteiger charge is 2.28. The number of aromatic nitrogens is 2. The number of hydrogen-bond donors (Lipinski definition) is 6. The summed E-state index contributed by atoms with van der Waals surface area (Å²) in [4.78, 5) is 53.7. The smallest absolute Gasteiger partial charge is 0.410 e. The standard InChI is InChI=1S/C18H26N2O3.C16H31NO3.C11H23NO3.C11H23NO.C10H21NO2.C8H17NO2.C8H19NO.C7H17N.C6H13FO.C6H15NO.C6H14O2.CH4O.CH4/c1-18(2,3)22-16(21)13-8-6-4-5-7-10-14-11-9-12-15-17(14)20-23-19-15;1-15(2,3)19-12-9-13-7-10-17(11-8-13)14(18)20-16(4,5)6;1-10(2,3)14-8-7-12-9(13)15-11(4,5)6;1-11(2,3)13-9-6-10-4-7-12-8-5-10;1-10(2,3)13-9-6-11-4-7-12-8-5-11;1-7(10)9-5-6-11-8(2,3)4;1-8(2,3)10-7-6-9(4)5;1-7(2,3)6-8(4)5;3*1-6(2,3)8-5-4-7;1-2;/h9,11-12H,4-8,10,13H2,1-3H3;13H,7-12H2,1-6H3;7-8H2,1-6H3,(H,12,13);10,12H,4-9H2,1-3H3;4-9H2,1-3H3;5-6H2,1-4H3,(H,9,10);6-7H2,1-5H3;6H2,1-5H3;4-5H2,1-3H3;4-5,7H2,1-3H3;7H,4-5H2,1-3H3;2H,1H3;1H4. The summed E-state index contributed by atoms with van der Waals surface area (Å²) in [6.07, 6.45) is 13.3. The van der Waals surface area contributed by atoms with Crippen molar-refractivity contribution in [3.05, 3.63) is 23.8 Å². The Bertz CT molecular complexity index is 3110. The number of nitrogens with zero attached hydrogens (tertiary/aromatic N) is 6. The van der Waals surface area contributed by atoms with Crippen molar-refractivity contribution in [2.24, 2.45) is 23.0 Å². The van der Waals surface area contributed by atoms with Crippen LogP contribution in [0.25, 0.3) is 11.0 Å². The summed E-state index contributed by atoms with van der Waals surface area (Å²) in [5, 5.41) is 31.8. The molecule has 140 heavy (non-hydrogen) atoms. The van der Waals surface area contributed by atoms with Gasteiger partial charge in [0.2, 0.25) is 5.91 Å². The first-order valence-corrected chi connectivity index (χ1v) is 51.2. The number of alkyl halides is 1. The number of morpholine rings is 1. The zero-order chi connectivity index (χ0) is 109. The van der Waals surface area contributed by atoms with E-state index in [2.05, 4.69) is 165 Å². The van der Waals surface area contributed by atoms with Crippen LogP contribution in [0.4, 0.5) is 14.0 Å². The third kappa shape index (κ3) is 129. The average molecular weight is 2020 g/mol. The number of likely N-dealkylation sites (N-methyl/N-ethyl adjacent to an activating group) is 1. The number of likely N-dealkylation sites (tertiary alicyclic amines) is 1. The fraction of sp³-hybridized carbons (Fsp3) is 0.908. The number of rotatable bonds is 33. The normalized spacial score (nSPS) is 14.3.